The Morgan fingerprint density at radius 1 is 1.44 bits per heavy atom. The molecule has 0 aliphatic carbocycles. The SMILES string of the molecule is CC1OCCC1(CN)Cc1csc2ccccc12. The molecule has 1 aliphatic heterocycles. The first-order valence-corrected chi connectivity index (χ1v) is 7.40. The van der Waals surface area contributed by atoms with Gasteiger partial charge in [-0.2, -0.15) is 0 Å². The number of benzene rings is 1. The summed E-state index contributed by atoms with van der Waals surface area (Å²) in [6.45, 7) is 3.72. The second kappa shape index (κ2) is 4.65. The Balaban J connectivity index is 1.96. The zero-order valence-electron chi connectivity index (χ0n) is 10.7. The summed E-state index contributed by atoms with van der Waals surface area (Å²) in [7, 11) is 0. The number of hydrogen-bond acceptors (Lipinski definition) is 3. The van der Waals surface area contributed by atoms with Crippen molar-refractivity contribution in [2.45, 2.75) is 25.9 Å². The fourth-order valence-corrected chi connectivity index (χ4v) is 3.90. The standard InChI is InChI=1S/C15H19NOS/c1-11-15(10-16,6-7-17-11)8-12-9-18-14-5-3-2-4-13(12)14/h2-5,9,11H,6-8,10,16H2,1H3. The van der Waals surface area contributed by atoms with E-state index >= 15 is 0 Å². The third-order valence-corrected chi connectivity index (χ3v) is 5.35. The molecular weight excluding hydrogens is 242 g/mol. The summed E-state index contributed by atoms with van der Waals surface area (Å²) >= 11 is 1.83. The Bertz CT molecular complexity index is 550. The molecule has 2 atom stereocenters. The molecule has 2 nitrogen and oxygen atoms in total. The van der Waals surface area contributed by atoms with Crippen molar-refractivity contribution in [1.29, 1.82) is 0 Å². The van der Waals surface area contributed by atoms with Gasteiger partial charge in [-0.15, -0.1) is 11.3 Å². The molecule has 1 aromatic heterocycles. The van der Waals surface area contributed by atoms with Gasteiger partial charge in [0, 0.05) is 23.3 Å². The lowest BCUT2D eigenvalue weighted by Gasteiger charge is -2.30. The van der Waals surface area contributed by atoms with Gasteiger partial charge in [0.15, 0.2) is 0 Å². The maximum Gasteiger partial charge on any atom is 0.0619 e. The second-order valence-electron chi connectivity index (χ2n) is 5.26. The van der Waals surface area contributed by atoms with Crippen molar-refractivity contribution in [2.75, 3.05) is 13.2 Å². The summed E-state index contributed by atoms with van der Waals surface area (Å²) in [5, 5.41) is 3.67. The number of ether oxygens (including phenoxy) is 1. The molecule has 1 aromatic carbocycles. The predicted molar refractivity (Wildman–Crippen MR) is 77.0 cm³/mol. The van der Waals surface area contributed by atoms with Gasteiger partial charge in [0.1, 0.15) is 0 Å². The van der Waals surface area contributed by atoms with Crippen LogP contribution in [-0.2, 0) is 11.2 Å². The van der Waals surface area contributed by atoms with Crippen molar-refractivity contribution in [1.82, 2.24) is 0 Å². The molecule has 0 amide bonds. The summed E-state index contributed by atoms with van der Waals surface area (Å²) in [6.07, 6.45) is 2.38. The first kappa shape index (κ1) is 12.2. The molecule has 3 rings (SSSR count). The fourth-order valence-electron chi connectivity index (χ4n) is 2.94. The van der Waals surface area contributed by atoms with Crippen molar-refractivity contribution < 1.29 is 4.74 Å². The van der Waals surface area contributed by atoms with E-state index in [4.69, 9.17) is 10.5 Å². The van der Waals surface area contributed by atoms with Crippen molar-refractivity contribution in [3.8, 4) is 0 Å². The Kier molecular flexibility index (Phi) is 3.14. The molecule has 2 heterocycles. The van der Waals surface area contributed by atoms with Gasteiger partial charge >= 0.3 is 0 Å². The van der Waals surface area contributed by atoms with E-state index in [1.165, 1.54) is 15.6 Å². The number of nitrogens with two attached hydrogens (primary N) is 1. The van der Waals surface area contributed by atoms with Crippen LogP contribution < -0.4 is 5.73 Å². The number of rotatable bonds is 3. The normalized spacial score (nSPS) is 28.0. The van der Waals surface area contributed by atoms with Crippen molar-refractivity contribution >= 4 is 21.4 Å². The summed E-state index contributed by atoms with van der Waals surface area (Å²) in [4.78, 5) is 0. The van der Waals surface area contributed by atoms with E-state index in [1.54, 1.807) is 0 Å². The summed E-state index contributed by atoms with van der Waals surface area (Å²) in [5.41, 5.74) is 7.60. The van der Waals surface area contributed by atoms with Gasteiger partial charge in [0.2, 0.25) is 0 Å². The number of fused-ring (bicyclic) bond motifs is 1. The summed E-state index contributed by atoms with van der Waals surface area (Å²) < 4.78 is 7.11. The highest BCUT2D eigenvalue weighted by Crippen LogP contribution is 2.39. The average molecular weight is 261 g/mol. The largest absolute Gasteiger partial charge is 0.378 e. The minimum Gasteiger partial charge on any atom is -0.378 e. The molecule has 0 saturated carbocycles. The molecule has 18 heavy (non-hydrogen) atoms. The van der Waals surface area contributed by atoms with Crippen LogP contribution in [0.2, 0.25) is 0 Å². The molecular formula is C15H19NOS. The van der Waals surface area contributed by atoms with E-state index in [2.05, 4.69) is 36.6 Å². The van der Waals surface area contributed by atoms with Crippen LogP contribution in [0.4, 0.5) is 0 Å². The average Bonchev–Trinajstić information content (AvgIpc) is 2.96. The van der Waals surface area contributed by atoms with Crippen LogP contribution in [0.5, 0.6) is 0 Å². The second-order valence-corrected chi connectivity index (χ2v) is 6.17. The maximum atomic E-state index is 6.04. The molecule has 0 spiro atoms. The van der Waals surface area contributed by atoms with E-state index in [0.717, 1.165) is 19.4 Å². The predicted octanol–water partition coefficient (Wildman–Crippen LogP) is 3.20. The smallest absolute Gasteiger partial charge is 0.0619 e. The van der Waals surface area contributed by atoms with E-state index in [1.807, 2.05) is 11.3 Å². The third-order valence-electron chi connectivity index (χ3n) is 4.34. The Labute approximate surface area is 112 Å². The lowest BCUT2D eigenvalue weighted by atomic mass is 9.76. The van der Waals surface area contributed by atoms with E-state index in [-0.39, 0.29) is 11.5 Å². The lowest BCUT2D eigenvalue weighted by Crippen LogP contribution is -2.38. The van der Waals surface area contributed by atoms with Gasteiger partial charge in [0.25, 0.3) is 0 Å². The van der Waals surface area contributed by atoms with Gasteiger partial charge < -0.3 is 10.5 Å². The maximum absolute atomic E-state index is 6.04. The highest BCUT2D eigenvalue weighted by Gasteiger charge is 2.40. The topological polar surface area (TPSA) is 35.2 Å². The zero-order chi connectivity index (χ0) is 12.6. The van der Waals surface area contributed by atoms with Crippen LogP contribution in [0.1, 0.15) is 18.9 Å². The molecule has 2 N–H and O–H groups in total. The monoisotopic (exact) mass is 261 g/mol. The Hall–Kier alpha value is -0.900. The third kappa shape index (κ3) is 1.87. The molecule has 3 heteroatoms. The Morgan fingerprint density at radius 3 is 3.00 bits per heavy atom. The minimum absolute atomic E-state index is 0.129. The van der Waals surface area contributed by atoms with Crippen LogP contribution >= 0.6 is 11.3 Å². The van der Waals surface area contributed by atoms with Crippen molar-refractivity contribution in [3.05, 3.63) is 35.2 Å². The molecule has 1 aliphatic rings. The van der Waals surface area contributed by atoms with Gasteiger partial charge in [-0.05, 0) is 42.2 Å². The van der Waals surface area contributed by atoms with E-state index < -0.39 is 0 Å². The van der Waals surface area contributed by atoms with Gasteiger partial charge in [-0.25, -0.2) is 0 Å². The highest BCUT2D eigenvalue weighted by molar-refractivity contribution is 7.17. The highest BCUT2D eigenvalue weighted by atomic mass is 32.1. The lowest BCUT2D eigenvalue weighted by molar-refractivity contribution is 0.0675. The first-order chi connectivity index (χ1) is 8.75. The summed E-state index contributed by atoms with van der Waals surface area (Å²) in [5.74, 6) is 0. The molecule has 1 saturated heterocycles. The molecule has 0 radical (unpaired) electrons. The van der Waals surface area contributed by atoms with E-state index in [0.29, 0.717) is 6.54 Å². The van der Waals surface area contributed by atoms with Gasteiger partial charge in [-0.3, -0.25) is 0 Å². The molecule has 2 aromatic rings. The summed E-state index contributed by atoms with van der Waals surface area (Å²) in [6, 6.07) is 8.62. The Morgan fingerprint density at radius 2 is 2.28 bits per heavy atom. The van der Waals surface area contributed by atoms with Crippen molar-refractivity contribution in [2.24, 2.45) is 11.1 Å². The molecule has 2 unspecified atom stereocenters. The van der Waals surface area contributed by atoms with E-state index in [9.17, 15) is 0 Å². The minimum atomic E-state index is 0.129. The zero-order valence-corrected chi connectivity index (χ0v) is 11.5. The first-order valence-electron chi connectivity index (χ1n) is 6.52. The van der Waals surface area contributed by atoms with Crippen LogP contribution in [0.25, 0.3) is 10.1 Å². The molecule has 1 fully saturated rings. The fraction of sp³-hybridized carbons (Fsp3) is 0.467. The van der Waals surface area contributed by atoms with Gasteiger partial charge in [0.05, 0.1) is 6.10 Å². The molecule has 96 valence electrons. The number of thiophene rings is 1. The van der Waals surface area contributed by atoms with Crippen LogP contribution in [0, 0.1) is 5.41 Å². The van der Waals surface area contributed by atoms with Crippen LogP contribution in [0.15, 0.2) is 29.6 Å². The quantitative estimate of drug-likeness (QED) is 0.921. The van der Waals surface area contributed by atoms with Crippen LogP contribution in [0.3, 0.4) is 0 Å². The van der Waals surface area contributed by atoms with Crippen LogP contribution in [-0.4, -0.2) is 19.3 Å². The molecule has 0 bridgehead atoms. The van der Waals surface area contributed by atoms with Gasteiger partial charge in [-0.1, -0.05) is 18.2 Å². The van der Waals surface area contributed by atoms with Crippen molar-refractivity contribution in [3.63, 3.8) is 0 Å². The number of hydrogen-bond donors (Lipinski definition) is 1.